The molecule has 0 bridgehead atoms. The minimum absolute atomic E-state index is 0.270. The summed E-state index contributed by atoms with van der Waals surface area (Å²) in [4.78, 5) is 13.7. The first kappa shape index (κ1) is 15.0. The van der Waals surface area contributed by atoms with Gasteiger partial charge in [0.1, 0.15) is 0 Å². The van der Waals surface area contributed by atoms with Crippen LogP contribution in [0.5, 0.6) is 0 Å². The molecular weight excluding hydrogens is 250 g/mol. The molecule has 1 fully saturated rings. The SMILES string of the molecule is CC(CC(C)(N)C(N)=O)N1CCC(c2ccccc2)C1. The van der Waals surface area contributed by atoms with Crippen LogP contribution >= 0.6 is 0 Å². The Morgan fingerprint density at radius 3 is 2.70 bits per heavy atom. The van der Waals surface area contributed by atoms with Crippen molar-refractivity contribution in [1.29, 1.82) is 0 Å². The van der Waals surface area contributed by atoms with Crippen molar-refractivity contribution in [2.24, 2.45) is 11.5 Å². The highest BCUT2D eigenvalue weighted by Gasteiger charge is 2.33. The summed E-state index contributed by atoms with van der Waals surface area (Å²) in [7, 11) is 0. The Labute approximate surface area is 121 Å². The van der Waals surface area contributed by atoms with E-state index < -0.39 is 11.4 Å². The van der Waals surface area contributed by atoms with Crippen LogP contribution in [-0.4, -0.2) is 35.5 Å². The first-order valence-electron chi connectivity index (χ1n) is 7.28. The molecule has 2 rings (SSSR count). The predicted molar refractivity (Wildman–Crippen MR) is 81.2 cm³/mol. The van der Waals surface area contributed by atoms with Gasteiger partial charge in [-0.3, -0.25) is 9.69 Å². The van der Waals surface area contributed by atoms with Crippen LogP contribution in [0.15, 0.2) is 30.3 Å². The lowest BCUT2D eigenvalue weighted by Crippen LogP contribution is -2.53. The molecule has 0 spiro atoms. The van der Waals surface area contributed by atoms with Crippen molar-refractivity contribution in [1.82, 2.24) is 4.90 Å². The molecular formula is C16H25N3O. The number of primary amides is 1. The van der Waals surface area contributed by atoms with Gasteiger partial charge in [-0.1, -0.05) is 30.3 Å². The van der Waals surface area contributed by atoms with Crippen LogP contribution in [0.3, 0.4) is 0 Å². The van der Waals surface area contributed by atoms with Gasteiger partial charge in [0, 0.05) is 12.6 Å². The fourth-order valence-electron chi connectivity index (χ4n) is 3.03. The number of likely N-dealkylation sites (tertiary alicyclic amines) is 1. The Morgan fingerprint density at radius 2 is 2.10 bits per heavy atom. The number of amides is 1. The van der Waals surface area contributed by atoms with Gasteiger partial charge in [0.15, 0.2) is 0 Å². The molecule has 4 heteroatoms. The van der Waals surface area contributed by atoms with E-state index in [2.05, 4.69) is 36.1 Å². The minimum atomic E-state index is -0.926. The molecule has 0 radical (unpaired) electrons. The van der Waals surface area contributed by atoms with Gasteiger partial charge in [0.2, 0.25) is 5.91 Å². The molecule has 1 aliphatic heterocycles. The average Bonchev–Trinajstić information content (AvgIpc) is 2.88. The highest BCUT2D eigenvalue weighted by atomic mass is 16.1. The standard InChI is InChI=1S/C16H25N3O/c1-12(10-16(2,18)15(17)20)19-9-8-14(11-19)13-6-4-3-5-7-13/h3-7,12,14H,8-11,18H2,1-2H3,(H2,17,20). The van der Waals surface area contributed by atoms with Crippen molar-refractivity contribution in [3.63, 3.8) is 0 Å². The van der Waals surface area contributed by atoms with Crippen molar-refractivity contribution in [2.75, 3.05) is 13.1 Å². The van der Waals surface area contributed by atoms with E-state index in [1.54, 1.807) is 6.92 Å². The number of nitrogens with two attached hydrogens (primary N) is 2. The largest absolute Gasteiger partial charge is 0.368 e. The maximum Gasteiger partial charge on any atom is 0.237 e. The van der Waals surface area contributed by atoms with Gasteiger partial charge in [0.05, 0.1) is 5.54 Å². The summed E-state index contributed by atoms with van der Waals surface area (Å²) >= 11 is 0. The van der Waals surface area contributed by atoms with Gasteiger partial charge in [-0.25, -0.2) is 0 Å². The zero-order valence-electron chi connectivity index (χ0n) is 12.4. The summed E-state index contributed by atoms with van der Waals surface area (Å²) in [5.74, 6) is 0.152. The van der Waals surface area contributed by atoms with Gasteiger partial charge >= 0.3 is 0 Å². The summed E-state index contributed by atoms with van der Waals surface area (Å²) in [6, 6.07) is 10.9. The number of hydrogen-bond acceptors (Lipinski definition) is 3. The van der Waals surface area contributed by atoms with Crippen LogP contribution in [0, 0.1) is 0 Å². The fraction of sp³-hybridized carbons (Fsp3) is 0.562. The third-order valence-electron chi connectivity index (χ3n) is 4.40. The number of benzene rings is 1. The first-order chi connectivity index (χ1) is 9.40. The average molecular weight is 275 g/mol. The summed E-state index contributed by atoms with van der Waals surface area (Å²) in [6.07, 6.45) is 1.76. The molecule has 0 saturated carbocycles. The molecule has 1 amide bonds. The molecule has 1 aliphatic rings. The van der Waals surface area contributed by atoms with Crippen LogP contribution in [0.1, 0.15) is 38.2 Å². The fourth-order valence-corrected chi connectivity index (χ4v) is 3.03. The van der Waals surface area contributed by atoms with Crippen molar-refractivity contribution in [3.8, 4) is 0 Å². The second-order valence-corrected chi connectivity index (χ2v) is 6.23. The van der Waals surface area contributed by atoms with E-state index >= 15 is 0 Å². The Bertz CT molecular complexity index is 458. The van der Waals surface area contributed by atoms with Gasteiger partial charge < -0.3 is 11.5 Å². The third kappa shape index (κ3) is 3.38. The van der Waals surface area contributed by atoms with Crippen LogP contribution in [0.4, 0.5) is 0 Å². The second kappa shape index (κ2) is 5.94. The van der Waals surface area contributed by atoms with E-state index in [4.69, 9.17) is 11.5 Å². The molecule has 0 aromatic heterocycles. The maximum atomic E-state index is 11.3. The summed E-state index contributed by atoms with van der Waals surface area (Å²) in [5, 5.41) is 0. The van der Waals surface area contributed by atoms with E-state index in [0.29, 0.717) is 12.3 Å². The van der Waals surface area contributed by atoms with Gasteiger partial charge in [0.25, 0.3) is 0 Å². The van der Waals surface area contributed by atoms with E-state index in [9.17, 15) is 4.79 Å². The minimum Gasteiger partial charge on any atom is -0.368 e. The molecule has 4 N–H and O–H groups in total. The van der Waals surface area contributed by atoms with Crippen LogP contribution in [0.2, 0.25) is 0 Å². The first-order valence-corrected chi connectivity index (χ1v) is 7.28. The van der Waals surface area contributed by atoms with E-state index in [-0.39, 0.29) is 6.04 Å². The van der Waals surface area contributed by atoms with Crippen molar-refractivity contribution in [3.05, 3.63) is 35.9 Å². The summed E-state index contributed by atoms with van der Waals surface area (Å²) in [6.45, 7) is 5.92. The normalized spacial score (nSPS) is 24.2. The number of rotatable bonds is 5. The number of hydrogen-bond donors (Lipinski definition) is 2. The van der Waals surface area contributed by atoms with Gasteiger partial charge in [-0.15, -0.1) is 0 Å². The molecule has 20 heavy (non-hydrogen) atoms. The van der Waals surface area contributed by atoms with Crippen molar-refractivity contribution < 1.29 is 4.79 Å². The lowest BCUT2D eigenvalue weighted by Gasteiger charge is -2.30. The molecule has 4 nitrogen and oxygen atoms in total. The molecule has 3 unspecified atom stereocenters. The zero-order valence-corrected chi connectivity index (χ0v) is 12.4. The molecule has 3 atom stereocenters. The Balaban J connectivity index is 1.94. The van der Waals surface area contributed by atoms with E-state index in [0.717, 1.165) is 19.5 Å². The van der Waals surface area contributed by atoms with Crippen LogP contribution < -0.4 is 11.5 Å². The quantitative estimate of drug-likeness (QED) is 0.854. The monoisotopic (exact) mass is 275 g/mol. The summed E-state index contributed by atoms with van der Waals surface area (Å²) in [5.41, 5.74) is 11.8. The molecule has 1 aromatic carbocycles. The molecule has 1 aromatic rings. The third-order valence-corrected chi connectivity index (χ3v) is 4.40. The molecule has 1 saturated heterocycles. The highest BCUT2D eigenvalue weighted by Crippen LogP contribution is 2.29. The number of carbonyl (C=O) groups excluding carboxylic acids is 1. The van der Waals surface area contributed by atoms with Crippen molar-refractivity contribution >= 4 is 5.91 Å². The van der Waals surface area contributed by atoms with E-state index in [1.807, 2.05) is 6.07 Å². The lowest BCUT2D eigenvalue weighted by molar-refractivity contribution is -0.123. The Morgan fingerprint density at radius 1 is 1.45 bits per heavy atom. The van der Waals surface area contributed by atoms with E-state index in [1.165, 1.54) is 5.56 Å². The molecule has 0 aliphatic carbocycles. The molecule has 1 heterocycles. The maximum absolute atomic E-state index is 11.3. The topological polar surface area (TPSA) is 72.3 Å². The summed E-state index contributed by atoms with van der Waals surface area (Å²) < 4.78 is 0. The molecule has 110 valence electrons. The van der Waals surface area contributed by atoms with Crippen LogP contribution in [-0.2, 0) is 4.79 Å². The number of nitrogens with zero attached hydrogens (tertiary/aromatic N) is 1. The van der Waals surface area contributed by atoms with Crippen molar-refractivity contribution in [2.45, 2.75) is 44.2 Å². The lowest BCUT2D eigenvalue weighted by atomic mass is 9.93. The Hall–Kier alpha value is -1.39. The smallest absolute Gasteiger partial charge is 0.237 e. The second-order valence-electron chi connectivity index (χ2n) is 6.23. The Kier molecular flexibility index (Phi) is 4.45. The zero-order chi connectivity index (χ0) is 14.8. The highest BCUT2D eigenvalue weighted by molar-refractivity contribution is 5.83. The van der Waals surface area contributed by atoms with Crippen LogP contribution in [0.25, 0.3) is 0 Å². The van der Waals surface area contributed by atoms with Gasteiger partial charge in [-0.2, -0.15) is 0 Å². The predicted octanol–water partition coefficient (Wildman–Crippen LogP) is 1.46. The van der Waals surface area contributed by atoms with Gasteiger partial charge in [-0.05, 0) is 44.7 Å². The number of carbonyl (C=O) groups is 1.